The molecule has 34 heavy (non-hydrogen) atoms. The van der Waals surface area contributed by atoms with Gasteiger partial charge in [0.05, 0.1) is 0 Å². The van der Waals surface area contributed by atoms with Gasteiger partial charge in [-0.05, 0) is 40.5 Å². The SMILES string of the molecule is O=CC=Cc1cc(OCc2ccccc2)c(OCc2ccccc2)c(OCc2ccccc2)c1. The van der Waals surface area contributed by atoms with E-state index in [4.69, 9.17) is 14.2 Å². The van der Waals surface area contributed by atoms with E-state index in [0.29, 0.717) is 37.1 Å². The van der Waals surface area contributed by atoms with Crippen LogP contribution in [-0.2, 0) is 24.6 Å². The first-order chi connectivity index (χ1) is 16.8. The van der Waals surface area contributed by atoms with E-state index in [1.54, 1.807) is 6.08 Å². The number of hydrogen-bond donors (Lipinski definition) is 0. The lowest BCUT2D eigenvalue weighted by Crippen LogP contribution is -2.04. The maximum Gasteiger partial charge on any atom is 0.203 e. The summed E-state index contributed by atoms with van der Waals surface area (Å²) in [5.41, 5.74) is 3.90. The number of allylic oxidation sites excluding steroid dienone is 1. The first-order valence-corrected chi connectivity index (χ1v) is 11.1. The number of ether oxygens (including phenoxy) is 3. The summed E-state index contributed by atoms with van der Waals surface area (Å²) in [7, 11) is 0. The Morgan fingerprint density at radius 3 is 1.38 bits per heavy atom. The van der Waals surface area contributed by atoms with Gasteiger partial charge in [-0.1, -0.05) is 97.1 Å². The van der Waals surface area contributed by atoms with Crippen molar-refractivity contribution in [2.45, 2.75) is 19.8 Å². The Balaban J connectivity index is 1.66. The molecule has 0 saturated carbocycles. The fourth-order valence-corrected chi connectivity index (χ4v) is 3.40. The molecule has 4 rings (SSSR count). The van der Waals surface area contributed by atoms with Crippen LogP contribution in [0.4, 0.5) is 0 Å². The fraction of sp³-hybridized carbons (Fsp3) is 0.100. The van der Waals surface area contributed by atoms with E-state index in [0.717, 1.165) is 28.5 Å². The van der Waals surface area contributed by atoms with Crippen molar-refractivity contribution in [2.75, 3.05) is 0 Å². The monoisotopic (exact) mass is 450 g/mol. The van der Waals surface area contributed by atoms with Crippen LogP contribution in [0.2, 0.25) is 0 Å². The molecule has 0 aromatic heterocycles. The fourth-order valence-electron chi connectivity index (χ4n) is 3.40. The third-order valence-electron chi connectivity index (χ3n) is 5.11. The van der Waals surface area contributed by atoms with Crippen molar-refractivity contribution in [3.8, 4) is 17.2 Å². The van der Waals surface area contributed by atoms with Gasteiger partial charge >= 0.3 is 0 Å². The molecule has 4 nitrogen and oxygen atoms in total. The number of aldehydes is 1. The predicted molar refractivity (Wildman–Crippen MR) is 134 cm³/mol. The lowest BCUT2D eigenvalue weighted by molar-refractivity contribution is -0.104. The molecule has 0 spiro atoms. The highest BCUT2D eigenvalue weighted by Crippen LogP contribution is 2.40. The minimum atomic E-state index is 0.369. The smallest absolute Gasteiger partial charge is 0.203 e. The second kappa shape index (κ2) is 12.1. The van der Waals surface area contributed by atoms with Crippen LogP contribution in [-0.4, -0.2) is 6.29 Å². The molecular formula is C30H26O4. The van der Waals surface area contributed by atoms with Gasteiger partial charge < -0.3 is 14.2 Å². The summed E-state index contributed by atoms with van der Waals surface area (Å²) in [4.78, 5) is 10.9. The summed E-state index contributed by atoms with van der Waals surface area (Å²) in [6.07, 6.45) is 3.91. The molecule has 0 N–H and O–H groups in total. The molecule has 0 aliphatic heterocycles. The summed E-state index contributed by atoms with van der Waals surface area (Å²) in [5, 5.41) is 0. The Bertz CT molecular complexity index is 1140. The van der Waals surface area contributed by atoms with Crippen molar-refractivity contribution in [3.63, 3.8) is 0 Å². The molecule has 0 heterocycles. The van der Waals surface area contributed by atoms with E-state index >= 15 is 0 Å². The lowest BCUT2D eigenvalue weighted by atomic mass is 10.1. The predicted octanol–water partition coefficient (Wildman–Crippen LogP) is 6.64. The highest BCUT2D eigenvalue weighted by Gasteiger charge is 2.16. The van der Waals surface area contributed by atoms with Crippen molar-refractivity contribution in [1.29, 1.82) is 0 Å². The van der Waals surface area contributed by atoms with Crippen LogP contribution in [0.1, 0.15) is 22.3 Å². The van der Waals surface area contributed by atoms with Gasteiger partial charge in [0.15, 0.2) is 11.5 Å². The molecule has 0 amide bonds. The second-order valence-corrected chi connectivity index (χ2v) is 7.66. The average Bonchev–Trinajstić information content (AvgIpc) is 2.90. The molecule has 0 aliphatic rings. The first-order valence-electron chi connectivity index (χ1n) is 11.1. The summed E-state index contributed by atoms with van der Waals surface area (Å²) in [6.45, 7) is 1.12. The lowest BCUT2D eigenvalue weighted by Gasteiger charge is -2.18. The topological polar surface area (TPSA) is 44.8 Å². The maximum atomic E-state index is 10.9. The standard InChI is InChI=1S/C30H26O4/c31-18-10-17-27-19-28(32-21-24-11-4-1-5-12-24)30(34-23-26-15-8-3-9-16-26)29(20-27)33-22-25-13-6-2-7-14-25/h1-20H,21-23H2. The van der Waals surface area contributed by atoms with Gasteiger partial charge in [-0.3, -0.25) is 4.79 Å². The van der Waals surface area contributed by atoms with Crippen molar-refractivity contribution >= 4 is 12.4 Å². The zero-order valence-electron chi connectivity index (χ0n) is 18.8. The molecule has 0 fully saturated rings. The molecule has 0 atom stereocenters. The van der Waals surface area contributed by atoms with Crippen LogP contribution in [0.3, 0.4) is 0 Å². The van der Waals surface area contributed by atoms with Gasteiger partial charge in [0.2, 0.25) is 5.75 Å². The third-order valence-corrected chi connectivity index (χ3v) is 5.11. The highest BCUT2D eigenvalue weighted by molar-refractivity contribution is 5.75. The molecule has 4 heteroatoms. The average molecular weight is 451 g/mol. The molecule has 0 saturated heterocycles. The van der Waals surface area contributed by atoms with Crippen LogP contribution >= 0.6 is 0 Å². The second-order valence-electron chi connectivity index (χ2n) is 7.66. The minimum Gasteiger partial charge on any atom is -0.485 e. The van der Waals surface area contributed by atoms with Crippen LogP contribution in [0.25, 0.3) is 6.08 Å². The number of rotatable bonds is 11. The minimum absolute atomic E-state index is 0.369. The number of benzene rings is 4. The van der Waals surface area contributed by atoms with Crippen molar-refractivity contribution in [3.05, 3.63) is 131 Å². The Morgan fingerprint density at radius 2 is 0.971 bits per heavy atom. The summed E-state index contributed by atoms with van der Waals surface area (Å²) >= 11 is 0. The number of carbonyl (C=O) groups excluding carboxylic acids is 1. The van der Waals surface area contributed by atoms with E-state index in [1.165, 1.54) is 6.08 Å². The summed E-state index contributed by atoms with van der Waals surface area (Å²) in [5.74, 6) is 1.63. The van der Waals surface area contributed by atoms with E-state index in [1.807, 2.05) is 103 Å². The number of hydrogen-bond acceptors (Lipinski definition) is 4. The Hall–Kier alpha value is -4.31. The van der Waals surface area contributed by atoms with Crippen molar-refractivity contribution in [2.24, 2.45) is 0 Å². The van der Waals surface area contributed by atoms with Crippen LogP contribution in [0.5, 0.6) is 17.2 Å². The van der Waals surface area contributed by atoms with Gasteiger partial charge in [-0.15, -0.1) is 0 Å². The Labute approximate surface area is 200 Å². The Morgan fingerprint density at radius 1 is 0.559 bits per heavy atom. The summed E-state index contributed by atoms with van der Waals surface area (Å²) in [6, 6.07) is 33.5. The van der Waals surface area contributed by atoms with Gasteiger partial charge in [0.1, 0.15) is 26.1 Å². The van der Waals surface area contributed by atoms with Gasteiger partial charge in [-0.25, -0.2) is 0 Å². The third kappa shape index (κ3) is 6.59. The molecule has 4 aromatic rings. The van der Waals surface area contributed by atoms with Crippen LogP contribution < -0.4 is 14.2 Å². The van der Waals surface area contributed by atoms with Gasteiger partial charge in [0, 0.05) is 0 Å². The van der Waals surface area contributed by atoms with E-state index < -0.39 is 0 Å². The maximum absolute atomic E-state index is 10.9. The Kier molecular flexibility index (Phi) is 8.12. The zero-order chi connectivity index (χ0) is 23.4. The molecule has 0 radical (unpaired) electrons. The van der Waals surface area contributed by atoms with E-state index in [2.05, 4.69) is 0 Å². The van der Waals surface area contributed by atoms with Crippen molar-refractivity contribution < 1.29 is 19.0 Å². The van der Waals surface area contributed by atoms with Crippen molar-refractivity contribution in [1.82, 2.24) is 0 Å². The van der Waals surface area contributed by atoms with E-state index in [-0.39, 0.29) is 0 Å². The molecule has 0 bridgehead atoms. The molecule has 0 aliphatic carbocycles. The van der Waals surface area contributed by atoms with Gasteiger partial charge in [-0.2, -0.15) is 0 Å². The number of carbonyl (C=O) groups is 1. The zero-order valence-corrected chi connectivity index (χ0v) is 18.8. The molecule has 4 aromatic carbocycles. The van der Waals surface area contributed by atoms with Crippen LogP contribution in [0, 0.1) is 0 Å². The largest absolute Gasteiger partial charge is 0.485 e. The molecule has 170 valence electrons. The normalized spacial score (nSPS) is 10.7. The quantitative estimate of drug-likeness (QED) is 0.190. The summed E-state index contributed by atoms with van der Waals surface area (Å²) < 4.78 is 18.6. The van der Waals surface area contributed by atoms with Gasteiger partial charge in [0.25, 0.3) is 0 Å². The first kappa shape index (κ1) is 22.9. The highest BCUT2D eigenvalue weighted by atomic mass is 16.5. The molecule has 0 unspecified atom stereocenters. The van der Waals surface area contributed by atoms with Crippen LogP contribution in [0.15, 0.2) is 109 Å². The molecular weight excluding hydrogens is 424 g/mol. The van der Waals surface area contributed by atoms with E-state index in [9.17, 15) is 4.79 Å².